The summed E-state index contributed by atoms with van der Waals surface area (Å²) in [6.45, 7) is 1.77. The summed E-state index contributed by atoms with van der Waals surface area (Å²) in [5, 5.41) is 11.1. The van der Waals surface area contributed by atoms with Crippen molar-refractivity contribution in [3.8, 4) is 0 Å². The highest BCUT2D eigenvalue weighted by Crippen LogP contribution is 2.29. The minimum Gasteiger partial charge on any atom is -0.324 e. The molecular formula is C11H17N5O4S. The lowest BCUT2D eigenvalue weighted by molar-refractivity contribution is -0.387. The van der Waals surface area contributed by atoms with Crippen molar-refractivity contribution in [1.29, 1.82) is 0 Å². The summed E-state index contributed by atoms with van der Waals surface area (Å²) >= 11 is 0. The first kappa shape index (κ1) is 15.6. The molecule has 1 saturated heterocycles. The van der Waals surface area contributed by atoms with Gasteiger partial charge in [0, 0.05) is 32.2 Å². The highest BCUT2D eigenvalue weighted by Gasteiger charge is 2.33. The molecular weight excluding hydrogens is 298 g/mol. The van der Waals surface area contributed by atoms with Crippen molar-refractivity contribution in [2.24, 2.45) is 5.84 Å². The van der Waals surface area contributed by atoms with E-state index in [2.05, 4.69) is 5.43 Å². The van der Waals surface area contributed by atoms with Gasteiger partial charge in [-0.05, 0) is 19.2 Å². The number of hydrazine groups is 1. The number of rotatable bonds is 4. The Balaban J connectivity index is 2.45. The third-order valence-corrected chi connectivity index (χ3v) is 5.33. The number of nitro benzene ring substituents is 1. The van der Waals surface area contributed by atoms with E-state index in [1.807, 2.05) is 11.9 Å². The lowest BCUT2D eigenvalue weighted by Gasteiger charge is -2.31. The molecule has 3 N–H and O–H groups in total. The number of nitro groups is 1. The van der Waals surface area contributed by atoms with Gasteiger partial charge in [-0.25, -0.2) is 8.42 Å². The third kappa shape index (κ3) is 3.13. The van der Waals surface area contributed by atoms with Crippen molar-refractivity contribution in [3.63, 3.8) is 0 Å². The molecule has 9 nitrogen and oxygen atoms in total. The summed E-state index contributed by atoms with van der Waals surface area (Å²) in [4.78, 5) is 12.0. The molecule has 1 aliphatic heterocycles. The monoisotopic (exact) mass is 315 g/mol. The lowest BCUT2D eigenvalue weighted by atomic mass is 10.3. The number of hydrogen-bond acceptors (Lipinski definition) is 7. The Morgan fingerprint density at radius 3 is 2.43 bits per heavy atom. The van der Waals surface area contributed by atoms with Crippen molar-refractivity contribution >= 4 is 21.4 Å². The second kappa shape index (κ2) is 5.93. The molecule has 0 aromatic heterocycles. The fourth-order valence-corrected chi connectivity index (χ4v) is 3.73. The van der Waals surface area contributed by atoms with Crippen LogP contribution in [-0.4, -0.2) is 55.8 Å². The molecule has 0 spiro atoms. The largest absolute Gasteiger partial charge is 0.324 e. The SMILES string of the molecule is CN1CCN(S(=O)(=O)c2cc(NN)ccc2[N+](=O)[O-])CC1. The van der Waals surface area contributed by atoms with E-state index in [0.717, 1.165) is 6.07 Å². The number of nitrogens with zero attached hydrogens (tertiary/aromatic N) is 3. The van der Waals surface area contributed by atoms with Gasteiger partial charge in [0.25, 0.3) is 5.69 Å². The van der Waals surface area contributed by atoms with Crippen molar-refractivity contribution in [1.82, 2.24) is 9.21 Å². The number of anilines is 1. The Kier molecular flexibility index (Phi) is 4.42. The smallest absolute Gasteiger partial charge is 0.289 e. The Hall–Kier alpha value is -1.75. The zero-order chi connectivity index (χ0) is 15.6. The van der Waals surface area contributed by atoms with Gasteiger partial charge in [0.1, 0.15) is 0 Å². The first-order valence-electron chi connectivity index (χ1n) is 6.30. The van der Waals surface area contributed by atoms with Gasteiger partial charge in [0.05, 0.1) is 10.6 Å². The molecule has 2 rings (SSSR count). The number of benzene rings is 1. The molecule has 1 fully saturated rings. The Bertz CT molecular complexity index is 640. The fourth-order valence-electron chi connectivity index (χ4n) is 2.13. The summed E-state index contributed by atoms with van der Waals surface area (Å²) in [7, 11) is -2.03. The lowest BCUT2D eigenvalue weighted by Crippen LogP contribution is -2.47. The number of nitrogens with two attached hydrogens (primary N) is 1. The Morgan fingerprint density at radius 2 is 1.90 bits per heavy atom. The minimum absolute atomic E-state index is 0.299. The van der Waals surface area contributed by atoms with E-state index in [0.29, 0.717) is 31.9 Å². The topological polar surface area (TPSA) is 122 Å². The molecule has 0 aliphatic carbocycles. The molecule has 0 bridgehead atoms. The predicted octanol–water partition coefficient (Wildman–Crippen LogP) is -0.183. The van der Waals surface area contributed by atoms with Crippen molar-refractivity contribution in [2.45, 2.75) is 4.90 Å². The number of nitrogens with one attached hydrogen (secondary N) is 1. The van der Waals surface area contributed by atoms with Crippen LogP contribution < -0.4 is 11.3 Å². The number of hydrogen-bond donors (Lipinski definition) is 2. The summed E-state index contributed by atoms with van der Waals surface area (Å²) in [6.07, 6.45) is 0. The Labute approximate surface area is 122 Å². The van der Waals surface area contributed by atoms with Crippen LogP contribution in [0.5, 0.6) is 0 Å². The maximum atomic E-state index is 12.6. The van der Waals surface area contributed by atoms with E-state index in [1.165, 1.54) is 16.4 Å². The van der Waals surface area contributed by atoms with E-state index >= 15 is 0 Å². The normalized spacial score (nSPS) is 17.6. The van der Waals surface area contributed by atoms with Crippen LogP contribution in [0.25, 0.3) is 0 Å². The van der Waals surface area contributed by atoms with Crippen LogP contribution >= 0.6 is 0 Å². The number of nitrogen functional groups attached to an aromatic ring is 1. The molecule has 10 heteroatoms. The van der Waals surface area contributed by atoms with Crippen LogP contribution in [-0.2, 0) is 10.0 Å². The first-order valence-corrected chi connectivity index (χ1v) is 7.74. The average molecular weight is 315 g/mol. The van der Waals surface area contributed by atoms with Gasteiger partial charge in [-0.1, -0.05) is 0 Å². The second-order valence-electron chi connectivity index (χ2n) is 4.79. The van der Waals surface area contributed by atoms with Crippen LogP contribution in [0, 0.1) is 10.1 Å². The molecule has 116 valence electrons. The summed E-state index contributed by atoms with van der Waals surface area (Å²) in [5.41, 5.74) is 2.15. The second-order valence-corrected chi connectivity index (χ2v) is 6.70. The van der Waals surface area contributed by atoms with Crippen LogP contribution in [0.3, 0.4) is 0 Å². The minimum atomic E-state index is -3.92. The average Bonchev–Trinajstić information content (AvgIpc) is 2.47. The van der Waals surface area contributed by atoms with Gasteiger partial charge in [-0.15, -0.1) is 0 Å². The van der Waals surface area contributed by atoms with Gasteiger partial charge in [0.15, 0.2) is 4.90 Å². The quantitative estimate of drug-likeness (QED) is 0.449. The molecule has 0 amide bonds. The van der Waals surface area contributed by atoms with Crippen LogP contribution in [0.2, 0.25) is 0 Å². The van der Waals surface area contributed by atoms with Gasteiger partial charge >= 0.3 is 0 Å². The van der Waals surface area contributed by atoms with E-state index < -0.39 is 20.6 Å². The molecule has 1 aromatic rings. The third-order valence-electron chi connectivity index (χ3n) is 3.40. The van der Waals surface area contributed by atoms with Gasteiger partial charge in [-0.3, -0.25) is 16.0 Å². The van der Waals surface area contributed by atoms with Gasteiger partial charge < -0.3 is 10.3 Å². The van der Waals surface area contributed by atoms with Crippen LogP contribution in [0.15, 0.2) is 23.1 Å². The highest BCUT2D eigenvalue weighted by molar-refractivity contribution is 7.89. The zero-order valence-corrected chi connectivity index (χ0v) is 12.3. The number of piperazine rings is 1. The molecule has 21 heavy (non-hydrogen) atoms. The molecule has 0 radical (unpaired) electrons. The van der Waals surface area contributed by atoms with Gasteiger partial charge in [-0.2, -0.15) is 4.31 Å². The molecule has 1 heterocycles. The van der Waals surface area contributed by atoms with Crippen LogP contribution in [0.1, 0.15) is 0 Å². The molecule has 0 saturated carbocycles. The molecule has 1 aromatic carbocycles. The number of sulfonamides is 1. The van der Waals surface area contributed by atoms with E-state index in [1.54, 1.807) is 0 Å². The predicted molar refractivity (Wildman–Crippen MR) is 77.2 cm³/mol. The summed E-state index contributed by atoms with van der Waals surface area (Å²) < 4.78 is 26.5. The maximum absolute atomic E-state index is 12.6. The van der Waals surface area contributed by atoms with E-state index in [-0.39, 0.29) is 4.90 Å². The molecule has 0 atom stereocenters. The molecule has 1 aliphatic rings. The van der Waals surface area contributed by atoms with Crippen molar-refractivity contribution in [2.75, 3.05) is 38.7 Å². The maximum Gasteiger partial charge on any atom is 0.289 e. The van der Waals surface area contributed by atoms with Crippen LogP contribution in [0.4, 0.5) is 11.4 Å². The van der Waals surface area contributed by atoms with Gasteiger partial charge in [0.2, 0.25) is 10.0 Å². The first-order chi connectivity index (χ1) is 9.86. The standard InChI is InChI=1S/C11H17N5O4S/c1-14-4-6-15(7-5-14)21(19,20)11-8-9(13-12)2-3-10(11)16(17)18/h2-3,8,13H,4-7,12H2,1H3. The van der Waals surface area contributed by atoms with E-state index in [4.69, 9.17) is 5.84 Å². The fraction of sp³-hybridized carbons (Fsp3) is 0.455. The highest BCUT2D eigenvalue weighted by atomic mass is 32.2. The molecule has 0 unspecified atom stereocenters. The zero-order valence-electron chi connectivity index (χ0n) is 11.5. The summed E-state index contributed by atoms with van der Waals surface area (Å²) in [6, 6.07) is 3.69. The Morgan fingerprint density at radius 1 is 1.29 bits per heavy atom. The summed E-state index contributed by atoms with van der Waals surface area (Å²) in [5.74, 6) is 5.25. The van der Waals surface area contributed by atoms with Crippen molar-refractivity contribution in [3.05, 3.63) is 28.3 Å². The van der Waals surface area contributed by atoms with Crippen molar-refractivity contribution < 1.29 is 13.3 Å². The number of likely N-dealkylation sites (N-methyl/N-ethyl adjacent to an activating group) is 1. The van der Waals surface area contributed by atoms with E-state index in [9.17, 15) is 18.5 Å².